The monoisotopic (exact) mass is 291 g/mol. The molecule has 2 atom stereocenters. The number of carbonyl (C=O) groups is 1. The molecule has 5 nitrogen and oxygen atoms in total. The van der Waals surface area contributed by atoms with Gasteiger partial charge in [-0.15, -0.1) is 0 Å². The SMILES string of the molecule is CC(C)N1CCCC(c2cn3c(n2)CCC(C(=O)O)C3)C1. The quantitative estimate of drug-likeness (QED) is 0.926. The predicted octanol–water partition coefficient (Wildman–Crippen LogP) is 2.12. The van der Waals surface area contributed by atoms with Gasteiger partial charge in [0.25, 0.3) is 0 Å². The summed E-state index contributed by atoms with van der Waals surface area (Å²) in [4.78, 5) is 18.5. The number of hydrogen-bond acceptors (Lipinski definition) is 3. The van der Waals surface area contributed by atoms with E-state index in [0.717, 1.165) is 18.8 Å². The summed E-state index contributed by atoms with van der Waals surface area (Å²) in [5, 5.41) is 9.17. The van der Waals surface area contributed by atoms with Crippen molar-refractivity contribution in [3.8, 4) is 0 Å². The lowest BCUT2D eigenvalue weighted by atomic mass is 9.94. The van der Waals surface area contributed by atoms with Gasteiger partial charge in [-0.1, -0.05) is 0 Å². The van der Waals surface area contributed by atoms with Gasteiger partial charge in [0.05, 0.1) is 11.6 Å². The molecule has 0 saturated carbocycles. The molecule has 1 saturated heterocycles. The Bertz CT molecular complexity index is 524. The van der Waals surface area contributed by atoms with E-state index < -0.39 is 5.97 Å². The molecule has 0 aliphatic carbocycles. The van der Waals surface area contributed by atoms with Crippen LogP contribution in [0.1, 0.15) is 50.5 Å². The van der Waals surface area contributed by atoms with E-state index in [9.17, 15) is 9.90 Å². The zero-order valence-corrected chi connectivity index (χ0v) is 13.0. The van der Waals surface area contributed by atoms with Crippen LogP contribution in [-0.4, -0.2) is 44.7 Å². The summed E-state index contributed by atoms with van der Waals surface area (Å²) in [5.41, 5.74) is 1.17. The third-order valence-electron chi connectivity index (χ3n) is 4.96. The summed E-state index contributed by atoms with van der Waals surface area (Å²) in [5.74, 6) is 0.643. The maximum absolute atomic E-state index is 11.2. The number of imidazole rings is 1. The fourth-order valence-corrected chi connectivity index (χ4v) is 3.58. The van der Waals surface area contributed by atoms with Crippen molar-refractivity contribution in [2.24, 2.45) is 5.92 Å². The van der Waals surface area contributed by atoms with Gasteiger partial charge in [-0.3, -0.25) is 4.79 Å². The van der Waals surface area contributed by atoms with Crippen molar-refractivity contribution in [2.75, 3.05) is 13.1 Å². The number of carboxylic acid groups (broad SMARTS) is 1. The third kappa shape index (κ3) is 2.98. The minimum atomic E-state index is -0.681. The number of likely N-dealkylation sites (tertiary alicyclic amines) is 1. The van der Waals surface area contributed by atoms with Gasteiger partial charge in [-0.2, -0.15) is 0 Å². The van der Waals surface area contributed by atoms with Crippen molar-refractivity contribution in [1.82, 2.24) is 14.5 Å². The molecule has 0 aromatic carbocycles. The Kier molecular flexibility index (Phi) is 4.02. The molecular weight excluding hydrogens is 266 g/mol. The Balaban J connectivity index is 1.74. The van der Waals surface area contributed by atoms with Crippen LogP contribution in [0.5, 0.6) is 0 Å². The van der Waals surface area contributed by atoms with Crippen molar-refractivity contribution in [1.29, 1.82) is 0 Å². The molecule has 21 heavy (non-hydrogen) atoms. The minimum Gasteiger partial charge on any atom is -0.481 e. The van der Waals surface area contributed by atoms with Crippen LogP contribution in [0, 0.1) is 5.92 Å². The lowest BCUT2D eigenvalue weighted by Gasteiger charge is -2.34. The van der Waals surface area contributed by atoms with E-state index in [0.29, 0.717) is 24.9 Å². The van der Waals surface area contributed by atoms with Crippen LogP contribution in [0.3, 0.4) is 0 Å². The fourth-order valence-electron chi connectivity index (χ4n) is 3.58. The van der Waals surface area contributed by atoms with E-state index in [1.54, 1.807) is 0 Å². The van der Waals surface area contributed by atoms with Gasteiger partial charge in [-0.25, -0.2) is 4.98 Å². The Labute approximate surface area is 126 Å². The summed E-state index contributed by atoms with van der Waals surface area (Å²) >= 11 is 0. The summed E-state index contributed by atoms with van der Waals surface area (Å²) in [6.45, 7) is 7.34. The number of rotatable bonds is 3. The number of carboxylic acids is 1. The first-order valence-electron chi connectivity index (χ1n) is 8.07. The normalized spacial score (nSPS) is 26.8. The molecule has 3 heterocycles. The minimum absolute atomic E-state index is 0.252. The zero-order valence-electron chi connectivity index (χ0n) is 13.0. The average molecular weight is 291 g/mol. The number of aryl methyl sites for hydroxylation is 1. The van der Waals surface area contributed by atoms with Crippen molar-refractivity contribution in [3.63, 3.8) is 0 Å². The number of aliphatic carboxylic acids is 1. The molecule has 0 bridgehead atoms. The molecule has 3 rings (SSSR count). The Morgan fingerprint density at radius 3 is 2.90 bits per heavy atom. The van der Waals surface area contributed by atoms with Crippen LogP contribution < -0.4 is 0 Å². The molecule has 1 aromatic heterocycles. The van der Waals surface area contributed by atoms with Crippen LogP contribution >= 0.6 is 0 Å². The average Bonchev–Trinajstić information content (AvgIpc) is 2.90. The van der Waals surface area contributed by atoms with Crippen molar-refractivity contribution >= 4 is 5.97 Å². The number of hydrogen-bond donors (Lipinski definition) is 1. The van der Waals surface area contributed by atoms with Crippen molar-refractivity contribution in [3.05, 3.63) is 17.7 Å². The van der Waals surface area contributed by atoms with E-state index in [1.807, 2.05) is 0 Å². The van der Waals surface area contributed by atoms with Crippen molar-refractivity contribution in [2.45, 2.75) is 58.0 Å². The van der Waals surface area contributed by atoms with Gasteiger partial charge in [-0.05, 0) is 39.7 Å². The van der Waals surface area contributed by atoms with Crippen LogP contribution in [0.2, 0.25) is 0 Å². The van der Waals surface area contributed by atoms with Crippen LogP contribution in [0.15, 0.2) is 6.20 Å². The van der Waals surface area contributed by atoms with Crippen LogP contribution in [0.25, 0.3) is 0 Å². The first kappa shape index (κ1) is 14.6. The Hall–Kier alpha value is -1.36. The lowest BCUT2D eigenvalue weighted by Crippen LogP contribution is -2.39. The topological polar surface area (TPSA) is 58.4 Å². The molecular formula is C16H25N3O2. The maximum atomic E-state index is 11.2. The molecule has 5 heteroatoms. The highest BCUT2D eigenvalue weighted by atomic mass is 16.4. The highest BCUT2D eigenvalue weighted by Crippen LogP contribution is 2.29. The molecule has 0 amide bonds. The van der Waals surface area contributed by atoms with Gasteiger partial charge >= 0.3 is 5.97 Å². The molecule has 0 spiro atoms. The van der Waals surface area contributed by atoms with Crippen molar-refractivity contribution < 1.29 is 9.90 Å². The van der Waals surface area contributed by atoms with Gasteiger partial charge in [0, 0.05) is 37.7 Å². The highest BCUT2D eigenvalue weighted by molar-refractivity contribution is 5.70. The summed E-state index contributed by atoms with van der Waals surface area (Å²) in [6.07, 6.45) is 6.04. The number of piperidine rings is 1. The second-order valence-electron chi connectivity index (χ2n) is 6.74. The maximum Gasteiger partial charge on any atom is 0.308 e. The predicted molar refractivity (Wildman–Crippen MR) is 80.4 cm³/mol. The largest absolute Gasteiger partial charge is 0.481 e. The van der Waals surface area contributed by atoms with E-state index in [1.165, 1.54) is 25.1 Å². The summed E-state index contributed by atoms with van der Waals surface area (Å²) in [7, 11) is 0. The van der Waals surface area contributed by atoms with Gasteiger partial charge < -0.3 is 14.6 Å². The van der Waals surface area contributed by atoms with E-state index in [-0.39, 0.29) is 5.92 Å². The number of fused-ring (bicyclic) bond motifs is 1. The molecule has 0 radical (unpaired) electrons. The second-order valence-corrected chi connectivity index (χ2v) is 6.74. The first-order chi connectivity index (χ1) is 10.0. The summed E-state index contributed by atoms with van der Waals surface area (Å²) < 4.78 is 2.08. The third-order valence-corrected chi connectivity index (χ3v) is 4.96. The molecule has 2 aliphatic rings. The van der Waals surface area contributed by atoms with Crippen LogP contribution in [0.4, 0.5) is 0 Å². The standard InChI is InChI=1S/C16H25N3O2/c1-11(2)18-7-3-4-12(8-18)14-10-19-9-13(16(20)21)5-6-15(19)17-14/h10-13H,3-9H2,1-2H3,(H,20,21). The summed E-state index contributed by atoms with van der Waals surface area (Å²) in [6, 6.07) is 0.585. The zero-order chi connectivity index (χ0) is 15.0. The van der Waals surface area contributed by atoms with Gasteiger partial charge in [0.15, 0.2) is 0 Å². The Morgan fingerprint density at radius 2 is 2.19 bits per heavy atom. The van der Waals surface area contributed by atoms with Gasteiger partial charge in [0.1, 0.15) is 5.82 Å². The Morgan fingerprint density at radius 1 is 1.38 bits per heavy atom. The fraction of sp³-hybridized carbons (Fsp3) is 0.750. The molecule has 2 aliphatic heterocycles. The van der Waals surface area contributed by atoms with Crippen LogP contribution in [-0.2, 0) is 17.8 Å². The van der Waals surface area contributed by atoms with E-state index >= 15 is 0 Å². The molecule has 2 unspecified atom stereocenters. The molecule has 116 valence electrons. The lowest BCUT2D eigenvalue weighted by molar-refractivity contribution is -0.142. The smallest absolute Gasteiger partial charge is 0.308 e. The molecule has 1 fully saturated rings. The number of nitrogens with zero attached hydrogens (tertiary/aromatic N) is 3. The van der Waals surface area contributed by atoms with E-state index in [4.69, 9.17) is 4.98 Å². The van der Waals surface area contributed by atoms with Gasteiger partial charge in [0.2, 0.25) is 0 Å². The highest BCUT2D eigenvalue weighted by Gasteiger charge is 2.29. The number of aromatic nitrogens is 2. The molecule has 1 aromatic rings. The molecule has 1 N–H and O–H groups in total. The van der Waals surface area contributed by atoms with E-state index in [2.05, 4.69) is 29.5 Å². The second kappa shape index (κ2) is 5.79. The first-order valence-corrected chi connectivity index (χ1v) is 8.07.